The lowest BCUT2D eigenvalue weighted by molar-refractivity contribution is 0.552. The summed E-state index contributed by atoms with van der Waals surface area (Å²) < 4.78 is 2.23. The van der Waals surface area contributed by atoms with Crippen LogP contribution >= 0.6 is 11.8 Å². The summed E-state index contributed by atoms with van der Waals surface area (Å²) in [6.07, 6.45) is 8.79. The Morgan fingerprint density at radius 2 is 1.96 bits per heavy atom. The SMILES string of the molecule is c1ccc(CSc2ncc(-c3nccn3[C@@H]3CCNC3)cn2)cc1. The van der Waals surface area contributed by atoms with E-state index in [1.807, 2.05) is 30.9 Å². The number of thioether (sulfide) groups is 1. The number of benzene rings is 1. The number of hydrogen-bond acceptors (Lipinski definition) is 5. The maximum Gasteiger partial charge on any atom is 0.187 e. The molecular weight excluding hydrogens is 318 g/mol. The summed E-state index contributed by atoms with van der Waals surface area (Å²) in [5.41, 5.74) is 2.25. The number of hydrogen-bond donors (Lipinski definition) is 1. The lowest BCUT2D eigenvalue weighted by Crippen LogP contribution is -2.13. The Morgan fingerprint density at radius 1 is 1.12 bits per heavy atom. The zero-order valence-electron chi connectivity index (χ0n) is 13.3. The molecule has 1 aliphatic heterocycles. The van der Waals surface area contributed by atoms with Gasteiger partial charge in [0.15, 0.2) is 5.16 Å². The molecule has 0 bridgehead atoms. The van der Waals surface area contributed by atoms with E-state index in [1.165, 1.54) is 5.56 Å². The number of aromatic nitrogens is 4. The summed E-state index contributed by atoms with van der Waals surface area (Å²) in [4.78, 5) is 13.5. The van der Waals surface area contributed by atoms with Crippen LogP contribution in [0.15, 0.2) is 60.3 Å². The van der Waals surface area contributed by atoms with Gasteiger partial charge in [-0.05, 0) is 18.5 Å². The Labute approximate surface area is 145 Å². The van der Waals surface area contributed by atoms with Gasteiger partial charge in [0.2, 0.25) is 0 Å². The van der Waals surface area contributed by atoms with E-state index >= 15 is 0 Å². The van der Waals surface area contributed by atoms with Gasteiger partial charge in [-0.25, -0.2) is 15.0 Å². The predicted octanol–water partition coefficient (Wildman–Crippen LogP) is 3.17. The molecule has 0 radical (unpaired) electrons. The molecule has 1 aromatic carbocycles. The fraction of sp³-hybridized carbons (Fsp3) is 0.278. The van der Waals surface area contributed by atoms with Crippen molar-refractivity contribution in [3.8, 4) is 11.4 Å². The van der Waals surface area contributed by atoms with Crippen LogP contribution in [0.5, 0.6) is 0 Å². The topological polar surface area (TPSA) is 55.6 Å². The molecule has 24 heavy (non-hydrogen) atoms. The van der Waals surface area contributed by atoms with Crippen LogP contribution < -0.4 is 5.32 Å². The van der Waals surface area contributed by atoms with E-state index in [0.717, 1.165) is 41.8 Å². The monoisotopic (exact) mass is 337 g/mol. The summed E-state index contributed by atoms with van der Waals surface area (Å²) in [5, 5.41) is 4.19. The molecule has 1 saturated heterocycles. The average Bonchev–Trinajstić information content (AvgIpc) is 3.32. The summed E-state index contributed by atoms with van der Waals surface area (Å²) in [6.45, 7) is 2.06. The molecule has 1 aliphatic rings. The first-order valence-corrected chi connectivity index (χ1v) is 9.11. The number of imidazole rings is 1. The fourth-order valence-corrected chi connectivity index (χ4v) is 3.68. The van der Waals surface area contributed by atoms with Crippen LogP contribution in [0.1, 0.15) is 18.0 Å². The van der Waals surface area contributed by atoms with Crippen LogP contribution in [0.25, 0.3) is 11.4 Å². The molecular formula is C18H19N5S. The normalized spacial score (nSPS) is 17.2. The van der Waals surface area contributed by atoms with Crippen LogP contribution in [0.3, 0.4) is 0 Å². The molecule has 122 valence electrons. The minimum absolute atomic E-state index is 0.467. The molecule has 2 aromatic heterocycles. The van der Waals surface area contributed by atoms with Crippen LogP contribution in [0, 0.1) is 0 Å². The first-order valence-electron chi connectivity index (χ1n) is 8.13. The van der Waals surface area contributed by atoms with Gasteiger partial charge in [-0.3, -0.25) is 0 Å². The molecule has 1 fully saturated rings. The molecule has 0 unspecified atom stereocenters. The second-order valence-electron chi connectivity index (χ2n) is 5.83. The maximum atomic E-state index is 4.50. The van der Waals surface area contributed by atoms with Crippen LogP contribution in [0.4, 0.5) is 0 Å². The largest absolute Gasteiger partial charge is 0.327 e. The standard InChI is InChI=1S/C18H19N5S/c1-2-4-14(5-3-1)13-24-18-21-10-15(11-22-18)17-20-8-9-23(17)16-6-7-19-12-16/h1-5,8-11,16,19H,6-7,12-13H2/t16-/m1/s1. The second kappa shape index (κ2) is 7.15. The summed E-state index contributed by atoms with van der Waals surface area (Å²) in [7, 11) is 0. The summed E-state index contributed by atoms with van der Waals surface area (Å²) >= 11 is 1.65. The molecule has 5 nitrogen and oxygen atoms in total. The molecule has 0 aliphatic carbocycles. The Hall–Kier alpha value is -2.18. The van der Waals surface area contributed by atoms with Crippen molar-refractivity contribution in [2.45, 2.75) is 23.4 Å². The van der Waals surface area contributed by atoms with E-state index < -0.39 is 0 Å². The summed E-state index contributed by atoms with van der Waals surface area (Å²) in [6, 6.07) is 10.8. The zero-order valence-corrected chi connectivity index (χ0v) is 14.1. The third-order valence-electron chi connectivity index (χ3n) is 4.19. The molecule has 0 amide bonds. The number of nitrogens with zero attached hydrogens (tertiary/aromatic N) is 4. The van der Waals surface area contributed by atoms with Crippen molar-refractivity contribution in [2.75, 3.05) is 13.1 Å². The number of rotatable bonds is 5. The van der Waals surface area contributed by atoms with E-state index in [4.69, 9.17) is 0 Å². The van der Waals surface area contributed by atoms with E-state index in [1.54, 1.807) is 11.8 Å². The van der Waals surface area contributed by atoms with Crippen molar-refractivity contribution in [1.82, 2.24) is 24.8 Å². The van der Waals surface area contributed by atoms with Crippen molar-refractivity contribution in [1.29, 1.82) is 0 Å². The highest BCUT2D eigenvalue weighted by atomic mass is 32.2. The van der Waals surface area contributed by atoms with Crippen molar-refractivity contribution >= 4 is 11.8 Å². The van der Waals surface area contributed by atoms with Gasteiger partial charge in [0.05, 0.1) is 5.56 Å². The highest BCUT2D eigenvalue weighted by molar-refractivity contribution is 7.98. The van der Waals surface area contributed by atoms with Crippen LogP contribution in [-0.2, 0) is 5.75 Å². The minimum Gasteiger partial charge on any atom is -0.327 e. The van der Waals surface area contributed by atoms with Crippen molar-refractivity contribution in [3.05, 3.63) is 60.7 Å². The Morgan fingerprint density at radius 3 is 2.71 bits per heavy atom. The third kappa shape index (κ3) is 3.34. The van der Waals surface area contributed by atoms with E-state index in [9.17, 15) is 0 Å². The zero-order chi connectivity index (χ0) is 16.2. The van der Waals surface area contributed by atoms with Gasteiger partial charge < -0.3 is 9.88 Å². The van der Waals surface area contributed by atoms with Gasteiger partial charge in [-0.2, -0.15) is 0 Å². The molecule has 0 saturated carbocycles. The highest BCUT2D eigenvalue weighted by Crippen LogP contribution is 2.25. The Bertz CT molecular complexity index is 779. The first-order chi connectivity index (χ1) is 11.9. The van der Waals surface area contributed by atoms with Gasteiger partial charge >= 0.3 is 0 Å². The minimum atomic E-state index is 0.467. The van der Waals surface area contributed by atoms with E-state index in [0.29, 0.717) is 6.04 Å². The lowest BCUT2D eigenvalue weighted by Gasteiger charge is -2.14. The van der Waals surface area contributed by atoms with Crippen molar-refractivity contribution in [3.63, 3.8) is 0 Å². The van der Waals surface area contributed by atoms with Gasteiger partial charge in [0.25, 0.3) is 0 Å². The molecule has 0 spiro atoms. The molecule has 1 atom stereocenters. The van der Waals surface area contributed by atoms with Crippen molar-refractivity contribution in [2.24, 2.45) is 0 Å². The van der Waals surface area contributed by atoms with E-state index in [-0.39, 0.29) is 0 Å². The first kappa shape index (κ1) is 15.4. The smallest absolute Gasteiger partial charge is 0.187 e. The molecule has 3 heterocycles. The quantitative estimate of drug-likeness (QED) is 0.572. The van der Waals surface area contributed by atoms with E-state index in [2.05, 4.69) is 49.1 Å². The predicted molar refractivity (Wildman–Crippen MR) is 95.8 cm³/mol. The van der Waals surface area contributed by atoms with Gasteiger partial charge in [-0.1, -0.05) is 42.1 Å². The van der Waals surface area contributed by atoms with Gasteiger partial charge in [0, 0.05) is 43.1 Å². The fourth-order valence-electron chi connectivity index (χ4n) is 2.94. The Balaban J connectivity index is 1.47. The second-order valence-corrected chi connectivity index (χ2v) is 6.78. The van der Waals surface area contributed by atoms with Crippen LogP contribution in [-0.4, -0.2) is 32.6 Å². The third-order valence-corrected chi connectivity index (χ3v) is 5.14. The van der Waals surface area contributed by atoms with Crippen LogP contribution in [0.2, 0.25) is 0 Å². The molecule has 1 N–H and O–H groups in total. The maximum absolute atomic E-state index is 4.50. The average molecular weight is 337 g/mol. The molecule has 6 heteroatoms. The number of nitrogens with one attached hydrogen (secondary N) is 1. The van der Waals surface area contributed by atoms with Gasteiger partial charge in [0.1, 0.15) is 5.82 Å². The molecule has 3 aromatic rings. The van der Waals surface area contributed by atoms with Gasteiger partial charge in [-0.15, -0.1) is 0 Å². The lowest BCUT2D eigenvalue weighted by atomic mass is 10.2. The highest BCUT2D eigenvalue weighted by Gasteiger charge is 2.19. The summed E-state index contributed by atoms with van der Waals surface area (Å²) in [5.74, 6) is 1.83. The van der Waals surface area contributed by atoms with Crippen molar-refractivity contribution < 1.29 is 0 Å². The Kier molecular flexibility index (Phi) is 4.57. The molecule has 4 rings (SSSR count).